The first-order chi connectivity index (χ1) is 10.3. The molecule has 1 unspecified atom stereocenters. The number of thiophene rings is 1. The van der Waals surface area contributed by atoms with Crippen molar-refractivity contribution >= 4 is 33.1 Å². The molecule has 1 saturated heterocycles. The number of sulfone groups is 1. The normalized spacial score (nSPS) is 19.8. The largest absolute Gasteiger partial charge is 0.451 e. The van der Waals surface area contributed by atoms with E-state index < -0.39 is 15.8 Å². The Morgan fingerprint density at radius 2 is 2.14 bits per heavy atom. The van der Waals surface area contributed by atoms with E-state index >= 15 is 0 Å². The highest BCUT2D eigenvalue weighted by Gasteiger charge is 2.34. The Hall–Kier alpha value is -1.41. The molecule has 0 N–H and O–H groups in total. The Balaban J connectivity index is 1.91. The zero-order chi connectivity index (χ0) is 16.3. The number of hydrogen-bond acceptors (Lipinski definition) is 6. The van der Waals surface area contributed by atoms with E-state index in [1.54, 1.807) is 13.0 Å². The molecule has 1 aliphatic rings. The SMILES string of the molecule is CCN(C(=O)COC(=O)c1ccc(C)s1)C1CCS(=O)(=O)C1. The van der Waals surface area contributed by atoms with Crippen molar-refractivity contribution in [3.8, 4) is 0 Å². The summed E-state index contributed by atoms with van der Waals surface area (Å²) in [5.41, 5.74) is 0. The van der Waals surface area contributed by atoms with Gasteiger partial charge in [0.05, 0.1) is 11.5 Å². The zero-order valence-electron chi connectivity index (χ0n) is 12.6. The Morgan fingerprint density at radius 1 is 1.41 bits per heavy atom. The summed E-state index contributed by atoms with van der Waals surface area (Å²) < 4.78 is 28.1. The van der Waals surface area contributed by atoms with E-state index in [2.05, 4.69) is 0 Å². The molecule has 0 aromatic carbocycles. The van der Waals surface area contributed by atoms with Gasteiger partial charge >= 0.3 is 5.97 Å². The second-order valence-corrected chi connectivity index (χ2v) is 8.74. The molecule has 2 rings (SSSR count). The summed E-state index contributed by atoms with van der Waals surface area (Å²) >= 11 is 1.31. The van der Waals surface area contributed by atoms with Gasteiger partial charge in [-0.05, 0) is 32.4 Å². The van der Waals surface area contributed by atoms with Crippen molar-refractivity contribution < 1.29 is 22.7 Å². The highest BCUT2D eigenvalue weighted by Crippen LogP contribution is 2.19. The van der Waals surface area contributed by atoms with Gasteiger partial charge in [0.15, 0.2) is 16.4 Å². The lowest BCUT2D eigenvalue weighted by Crippen LogP contribution is -2.43. The van der Waals surface area contributed by atoms with Crippen LogP contribution in [-0.4, -0.2) is 55.9 Å². The molecular formula is C14H19NO5S2. The van der Waals surface area contributed by atoms with Crippen LogP contribution in [0.3, 0.4) is 0 Å². The molecule has 0 spiro atoms. The highest BCUT2D eigenvalue weighted by molar-refractivity contribution is 7.91. The predicted molar refractivity (Wildman–Crippen MR) is 83.8 cm³/mol. The van der Waals surface area contributed by atoms with Crippen molar-refractivity contribution in [3.05, 3.63) is 21.9 Å². The summed E-state index contributed by atoms with van der Waals surface area (Å²) in [6, 6.07) is 3.16. The number of carbonyl (C=O) groups is 2. The van der Waals surface area contributed by atoms with Crippen molar-refractivity contribution in [2.45, 2.75) is 26.3 Å². The highest BCUT2D eigenvalue weighted by atomic mass is 32.2. The van der Waals surface area contributed by atoms with Crippen LogP contribution in [0.15, 0.2) is 12.1 Å². The van der Waals surface area contributed by atoms with Crippen molar-refractivity contribution in [2.24, 2.45) is 0 Å². The molecular weight excluding hydrogens is 326 g/mol. The number of ether oxygens (including phenoxy) is 1. The lowest BCUT2D eigenvalue weighted by Gasteiger charge is -2.26. The topological polar surface area (TPSA) is 80.8 Å². The van der Waals surface area contributed by atoms with Gasteiger partial charge in [-0.1, -0.05) is 0 Å². The van der Waals surface area contributed by atoms with E-state index in [1.165, 1.54) is 16.2 Å². The van der Waals surface area contributed by atoms with E-state index in [4.69, 9.17) is 4.74 Å². The molecule has 0 saturated carbocycles. The smallest absolute Gasteiger partial charge is 0.348 e. The maximum absolute atomic E-state index is 12.2. The average Bonchev–Trinajstić information content (AvgIpc) is 3.03. The molecule has 1 aliphatic heterocycles. The van der Waals surface area contributed by atoms with Crippen molar-refractivity contribution in [3.63, 3.8) is 0 Å². The minimum atomic E-state index is -3.06. The van der Waals surface area contributed by atoms with Crippen LogP contribution in [0.1, 0.15) is 27.9 Å². The third-order valence-corrected chi connectivity index (χ3v) is 6.31. The molecule has 1 aromatic rings. The Morgan fingerprint density at radius 3 is 2.64 bits per heavy atom. The van der Waals surface area contributed by atoms with Gasteiger partial charge in [-0.25, -0.2) is 13.2 Å². The molecule has 22 heavy (non-hydrogen) atoms. The minimum absolute atomic E-state index is 0.00928. The summed E-state index contributed by atoms with van der Waals surface area (Å²) in [6.07, 6.45) is 0.444. The minimum Gasteiger partial charge on any atom is -0.451 e. The first-order valence-corrected chi connectivity index (χ1v) is 9.69. The third kappa shape index (κ3) is 4.07. The van der Waals surface area contributed by atoms with Gasteiger partial charge in [0, 0.05) is 17.5 Å². The second kappa shape index (κ2) is 6.78. The molecule has 6 nitrogen and oxygen atoms in total. The van der Waals surface area contributed by atoms with Crippen LogP contribution in [0.5, 0.6) is 0 Å². The van der Waals surface area contributed by atoms with E-state index in [0.29, 0.717) is 17.8 Å². The summed E-state index contributed by atoms with van der Waals surface area (Å²) in [6.45, 7) is 3.70. The lowest BCUT2D eigenvalue weighted by molar-refractivity contribution is -0.136. The molecule has 0 bridgehead atoms. The van der Waals surface area contributed by atoms with Gasteiger partial charge < -0.3 is 9.64 Å². The third-order valence-electron chi connectivity index (χ3n) is 3.58. The van der Waals surface area contributed by atoms with Gasteiger partial charge in [-0.2, -0.15) is 0 Å². The maximum Gasteiger partial charge on any atom is 0.348 e. The molecule has 1 fully saturated rings. The number of carbonyl (C=O) groups excluding carboxylic acids is 2. The van der Waals surface area contributed by atoms with Crippen molar-refractivity contribution in [2.75, 3.05) is 24.7 Å². The number of rotatable bonds is 5. The molecule has 0 radical (unpaired) electrons. The Kier molecular flexibility index (Phi) is 5.23. The van der Waals surface area contributed by atoms with Crippen LogP contribution in [-0.2, 0) is 19.4 Å². The predicted octanol–water partition coefficient (Wildman–Crippen LogP) is 1.25. The van der Waals surface area contributed by atoms with Crippen LogP contribution in [0.4, 0.5) is 0 Å². The van der Waals surface area contributed by atoms with Crippen molar-refractivity contribution in [1.82, 2.24) is 4.90 Å². The number of esters is 1. The Labute approximate surface area is 134 Å². The first kappa shape index (κ1) is 17.0. The van der Waals surface area contributed by atoms with Crippen LogP contribution in [0.25, 0.3) is 0 Å². The second-order valence-electron chi connectivity index (χ2n) is 5.22. The first-order valence-electron chi connectivity index (χ1n) is 7.06. The summed E-state index contributed by atoms with van der Waals surface area (Å²) in [5, 5.41) is 0. The van der Waals surface area contributed by atoms with Gasteiger partial charge in [0.25, 0.3) is 5.91 Å². The zero-order valence-corrected chi connectivity index (χ0v) is 14.2. The van der Waals surface area contributed by atoms with Crippen LogP contribution in [0.2, 0.25) is 0 Å². The summed E-state index contributed by atoms with van der Waals surface area (Å²) in [7, 11) is -3.06. The summed E-state index contributed by atoms with van der Waals surface area (Å²) in [4.78, 5) is 26.9. The molecule has 1 aromatic heterocycles. The van der Waals surface area contributed by atoms with Crippen LogP contribution in [0, 0.1) is 6.92 Å². The maximum atomic E-state index is 12.2. The number of amides is 1. The van der Waals surface area contributed by atoms with Crippen molar-refractivity contribution in [1.29, 1.82) is 0 Å². The fraction of sp³-hybridized carbons (Fsp3) is 0.571. The molecule has 2 heterocycles. The monoisotopic (exact) mass is 345 g/mol. The van der Waals surface area contributed by atoms with Crippen LogP contribution < -0.4 is 0 Å². The Bertz CT molecular complexity index is 665. The molecule has 1 atom stereocenters. The number of likely N-dealkylation sites (N-methyl/N-ethyl adjacent to an activating group) is 1. The summed E-state index contributed by atoms with van der Waals surface area (Å²) in [5.74, 6) is -0.784. The van der Waals surface area contributed by atoms with E-state index in [-0.39, 0.29) is 30.1 Å². The molecule has 8 heteroatoms. The lowest BCUT2D eigenvalue weighted by atomic mass is 10.2. The quantitative estimate of drug-likeness (QED) is 0.750. The van der Waals surface area contributed by atoms with E-state index in [1.807, 2.05) is 13.0 Å². The van der Waals surface area contributed by atoms with Gasteiger partial charge in [-0.3, -0.25) is 4.79 Å². The van der Waals surface area contributed by atoms with Gasteiger partial charge in [0.1, 0.15) is 4.88 Å². The van der Waals surface area contributed by atoms with E-state index in [0.717, 1.165) is 4.88 Å². The van der Waals surface area contributed by atoms with Gasteiger partial charge in [0.2, 0.25) is 0 Å². The fourth-order valence-corrected chi connectivity index (χ4v) is 4.98. The van der Waals surface area contributed by atoms with Crippen LogP contribution >= 0.6 is 11.3 Å². The van der Waals surface area contributed by atoms with Gasteiger partial charge in [-0.15, -0.1) is 11.3 Å². The molecule has 122 valence electrons. The standard InChI is InChI=1S/C14H19NO5S2/c1-3-15(11-6-7-22(18,19)9-11)13(16)8-20-14(17)12-5-4-10(2)21-12/h4-5,11H,3,6-9H2,1-2H3. The number of hydrogen-bond donors (Lipinski definition) is 0. The molecule has 0 aliphatic carbocycles. The molecule has 1 amide bonds. The fourth-order valence-electron chi connectivity index (χ4n) is 2.48. The number of aryl methyl sites for hydroxylation is 1. The van der Waals surface area contributed by atoms with E-state index in [9.17, 15) is 18.0 Å². The number of nitrogens with zero attached hydrogens (tertiary/aromatic N) is 1. The average molecular weight is 345 g/mol.